The lowest BCUT2D eigenvalue weighted by Gasteiger charge is -2.11. The highest BCUT2D eigenvalue weighted by Crippen LogP contribution is 2.09. The van der Waals surface area contributed by atoms with E-state index in [1.165, 1.54) is 0 Å². The molecule has 1 aromatic heterocycles. The highest BCUT2D eigenvalue weighted by atomic mass is 32.1. The molecule has 1 aromatic rings. The van der Waals surface area contributed by atoms with Crippen LogP contribution in [-0.4, -0.2) is 32.6 Å². The van der Waals surface area contributed by atoms with Gasteiger partial charge in [0.15, 0.2) is 0 Å². The molecule has 0 aliphatic rings. The fourth-order valence-corrected chi connectivity index (χ4v) is 1.69. The molecule has 4 N–H and O–H groups in total. The maximum atomic E-state index is 11.7. The van der Waals surface area contributed by atoms with E-state index in [4.69, 9.17) is 10.9 Å². The minimum Gasteiger partial charge on any atom is -0.409 e. The van der Waals surface area contributed by atoms with Crippen LogP contribution in [0.5, 0.6) is 0 Å². The summed E-state index contributed by atoms with van der Waals surface area (Å²) in [5.41, 5.74) is 5.92. The lowest BCUT2D eigenvalue weighted by Crippen LogP contribution is -2.35. The number of carbonyl (C=O) groups excluding carboxylic acids is 1. The Morgan fingerprint density at radius 2 is 2.44 bits per heavy atom. The molecule has 0 saturated carbocycles. The second-order valence-electron chi connectivity index (χ2n) is 3.36. The molecule has 8 heteroatoms. The summed E-state index contributed by atoms with van der Waals surface area (Å²) in [5.74, 6) is -0.169. The van der Waals surface area contributed by atoms with Crippen molar-refractivity contribution in [2.45, 2.75) is 26.3 Å². The van der Waals surface area contributed by atoms with Crippen molar-refractivity contribution in [2.75, 3.05) is 0 Å². The lowest BCUT2D eigenvalue weighted by molar-refractivity contribution is 0.0944. The van der Waals surface area contributed by atoms with Crippen molar-refractivity contribution in [1.82, 2.24) is 14.9 Å². The van der Waals surface area contributed by atoms with E-state index in [0.717, 1.165) is 11.5 Å². The zero-order valence-electron chi connectivity index (χ0n) is 8.97. The van der Waals surface area contributed by atoms with E-state index in [1.807, 2.05) is 0 Å². The summed E-state index contributed by atoms with van der Waals surface area (Å²) in [4.78, 5) is 12.2. The molecule has 0 aliphatic carbocycles. The van der Waals surface area contributed by atoms with Crippen LogP contribution in [0.1, 0.15) is 28.7 Å². The van der Waals surface area contributed by atoms with Crippen LogP contribution in [0.4, 0.5) is 0 Å². The lowest BCUT2D eigenvalue weighted by atomic mass is 10.2. The van der Waals surface area contributed by atoms with Gasteiger partial charge in [-0.15, -0.1) is 5.10 Å². The summed E-state index contributed by atoms with van der Waals surface area (Å²) >= 11 is 1.04. The van der Waals surface area contributed by atoms with Crippen LogP contribution in [0.3, 0.4) is 0 Å². The van der Waals surface area contributed by atoms with Crippen molar-refractivity contribution in [3.8, 4) is 0 Å². The molecule has 0 spiro atoms. The molecule has 16 heavy (non-hydrogen) atoms. The Morgan fingerprint density at radius 3 is 2.94 bits per heavy atom. The Kier molecular flexibility index (Phi) is 4.18. The first-order valence-electron chi connectivity index (χ1n) is 4.60. The van der Waals surface area contributed by atoms with Crippen molar-refractivity contribution < 1.29 is 10.0 Å². The SMILES string of the molecule is Cc1nnsc1C(=O)NC(C)CC(N)=NO. The van der Waals surface area contributed by atoms with Crippen LogP contribution in [0.15, 0.2) is 5.16 Å². The zero-order valence-corrected chi connectivity index (χ0v) is 9.78. The second-order valence-corrected chi connectivity index (χ2v) is 4.11. The van der Waals surface area contributed by atoms with Gasteiger partial charge in [0.1, 0.15) is 10.7 Å². The minimum atomic E-state index is -0.245. The summed E-state index contributed by atoms with van der Waals surface area (Å²) in [5, 5.41) is 17.7. The predicted molar refractivity (Wildman–Crippen MR) is 59.6 cm³/mol. The predicted octanol–water partition coefficient (Wildman–Crippen LogP) is 0.101. The number of nitrogens with zero attached hydrogens (tertiary/aromatic N) is 3. The van der Waals surface area contributed by atoms with Gasteiger partial charge in [-0.3, -0.25) is 4.79 Å². The molecular formula is C8H13N5O2S. The van der Waals surface area contributed by atoms with Crippen molar-refractivity contribution >= 4 is 23.3 Å². The molecule has 88 valence electrons. The van der Waals surface area contributed by atoms with Crippen molar-refractivity contribution in [3.05, 3.63) is 10.6 Å². The van der Waals surface area contributed by atoms with E-state index < -0.39 is 0 Å². The first-order chi connectivity index (χ1) is 7.54. The van der Waals surface area contributed by atoms with Crippen LogP contribution in [0.25, 0.3) is 0 Å². The third-order valence-electron chi connectivity index (χ3n) is 1.88. The number of nitrogens with one attached hydrogen (secondary N) is 1. The molecule has 0 bridgehead atoms. The van der Waals surface area contributed by atoms with Gasteiger partial charge in [-0.2, -0.15) is 0 Å². The van der Waals surface area contributed by atoms with E-state index in [1.54, 1.807) is 13.8 Å². The molecule has 0 radical (unpaired) electrons. The van der Waals surface area contributed by atoms with Crippen LogP contribution in [0, 0.1) is 6.92 Å². The Balaban J connectivity index is 2.55. The van der Waals surface area contributed by atoms with Gasteiger partial charge < -0.3 is 16.3 Å². The largest absolute Gasteiger partial charge is 0.409 e. The number of amidine groups is 1. The number of aromatic nitrogens is 2. The van der Waals surface area contributed by atoms with Gasteiger partial charge in [-0.25, -0.2) is 0 Å². The molecule has 1 amide bonds. The molecule has 1 atom stereocenters. The standard InChI is InChI=1S/C8H13N5O2S/c1-4(3-6(9)12-15)10-8(14)7-5(2)11-13-16-7/h4,15H,3H2,1-2H3,(H2,9,12)(H,10,14). The number of aryl methyl sites for hydroxylation is 1. The third-order valence-corrected chi connectivity index (χ3v) is 2.71. The summed E-state index contributed by atoms with van der Waals surface area (Å²) < 4.78 is 3.67. The normalized spacial score (nSPS) is 13.5. The first-order valence-corrected chi connectivity index (χ1v) is 5.38. The summed E-state index contributed by atoms with van der Waals surface area (Å²) in [6.07, 6.45) is 0.285. The van der Waals surface area contributed by atoms with Crippen molar-refractivity contribution in [2.24, 2.45) is 10.9 Å². The van der Waals surface area contributed by atoms with E-state index >= 15 is 0 Å². The number of amides is 1. The molecular weight excluding hydrogens is 230 g/mol. The Bertz CT molecular complexity index is 403. The average molecular weight is 243 g/mol. The maximum absolute atomic E-state index is 11.7. The molecule has 0 fully saturated rings. The highest BCUT2D eigenvalue weighted by Gasteiger charge is 2.15. The number of oxime groups is 1. The van der Waals surface area contributed by atoms with Crippen LogP contribution in [-0.2, 0) is 0 Å². The fraction of sp³-hybridized carbons (Fsp3) is 0.500. The molecule has 0 saturated heterocycles. The number of nitrogens with two attached hydrogens (primary N) is 1. The molecule has 0 aromatic carbocycles. The van der Waals surface area contributed by atoms with Gasteiger partial charge in [0.05, 0.1) is 5.69 Å². The van der Waals surface area contributed by atoms with Gasteiger partial charge >= 0.3 is 0 Å². The van der Waals surface area contributed by atoms with E-state index in [0.29, 0.717) is 10.6 Å². The van der Waals surface area contributed by atoms with Crippen molar-refractivity contribution in [1.29, 1.82) is 0 Å². The second kappa shape index (κ2) is 5.40. The number of carbonyl (C=O) groups is 1. The molecule has 1 heterocycles. The van der Waals surface area contributed by atoms with E-state index in [-0.39, 0.29) is 24.2 Å². The Labute approximate surface area is 96.5 Å². The molecule has 7 nitrogen and oxygen atoms in total. The highest BCUT2D eigenvalue weighted by molar-refractivity contribution is 7.08. The topological polar surface area (TPSA) is 113 Å². The number of hydrogen-bond acceptors (Lipinski definition) is 6. The maximum Gasteiger partial charge on any atom is 0.265 e. The van der Waals surface area contributed by atoms with Gasteiger partial charge in [0, 0.05) is 12.5 Å². The minimum absolute atomic E-state index is 0.0759. The monoisotopic (exact) mass is 243 g/mol. The van der Waals surface area contributed by atoms with Crippen LogP contribution < -0.4 is 11.1 Å². The summed E-state index contributed by atoms with van der Waals surface area (Å²) in [7, 11) is 0. The smallest absolute Gasteiger partial charge is 0.265 e. The van der Waals surface area contributed by atoms with Gasteiger partial charge in [-0.05, 0) is 25.4 Å². The summed E-state index contributed by atoms with van der Waals surface area (Å²) in [6.45, 7) is 3.48. The van der Waals surface area contributed by atoms with Crippen molar-refractivity contribution in [3.63, 3.8) is 0 Å². The molecule has 1 rings (SSSR count). The van der Waals surface area contributed by atoms with Crippen LogP contribution >= 0.6 is 11.5 Å². The molecule has 0 aliphatic heterocycles. The number of hydrogen-bond donors (Lipinski definition) is 3. The average Bonchev–Trinajstić information content (AvgIpc) is 2.63. The van der Waals surface area contributed by atoms with E-state index in [2.05, 4.69) is 20.1 Å². The quantitative estimate of drug-likeness (QED) is 0.300. The first kappa shape index (κ1) is 12.4. The van der Waals surface area contributed by atoms with Gasteiger partial charge in [-0.1, -0.05) is 9.64 Å². The fourth-order valence-electron chi connectivity index (χ4n) is 1.13. The van der Waals surface area contributed by atoms with Gasteiger partial charge in [0.2, 0.25) is 0 Å². The summed E-state index contributed by atoms with van der Waals surface area (Å²) in [6, 6.07) is -0.218. The Hall–Kier alpha value is -1.70. The van der Waals surface area contributed by atoms with E-state index in [9.17, 15) is 4.79 Å². The number of rotatable bonds is 4. The van der Waals surface area contributed by atoms with Crippen LogP contribution in [0.2, 0.25) is 0 Å². The molecule has 1 unspecified atom stereocenters. The third kappa shape index (κ3) is 3.16. The zero-order chi connectivity index (χ0) is 12.1. The Morgan fingerprint density at radius 1 is 1.75 bits per heavy atom. The van der Waals surface area contributed by atoms with Gasteiger partial charge in [0.25, 0.3) is 5.91 Å².